The Labute approximate surface area is 112 Å². The molecular weight excluding hydrogens is 222 g/mol. The fraction of sp³-hybridized carbons (Fsp3) is 0.625. The molecule has 1 N–H and O–H groups in total. The van der Waals surface area contributed by atoms with Crippen LogP contribution in [0.4, 0.5) is 0 Å². The van der Waals surface area contributed by atoms with E-state index in [0.29, 0.717) is 0 Å². The highest BCUT2D eigenvalue weighted by atomic mass is 16.3. The fourth-order valence-corrected chi connectivity index (χ4v) is 2.00. The molecule has 1 rings (SSSR count). The molecule has 0 spiro atoms. The summed E-state index contributed by atoms with van der Waals surface area (Å²) in [6, 6.07) is 6.79. The summed E-state index contributed by atoms with van der Waals surface area (Å²) in [6.45, 7) is 10.9. The zero-order chi connectivity index (χ0) is 13.8. The Balaban J connectivity index is 2.76. The Morgan fingerprint density at radius 3 is 2.39 bits per heavy atom. The minimum atomic E-state index is 0.208. The van der Waals surface area contributed by atoms with Gasteiger partial charge in [0.25, 0.3) is 0 Å². The molecule has 2 nitrogen and oxygen atoms in total. The molecular formula is C16H27NO. The second-order valence-corrected chi connectivity index (χ2v) is 6.17. The van der Waals surface area contributed by atoms with E-state index in [2.05, 4.69) is 57.8 Å². The summed E-state index contributed by atoms with van der Waals surface area (Å²) in [7, 11) is 2.05. The van der Waals surface area contributed by atoms with Crippen LogP contribution in [0.2, 0.25) is 0 Å². The van der Waals surface area contributed by atoms with E-state index < -0.39 is 0 Å². The van der Waals surface area contributed by atoms with E-state index in [-0.39, 0.29) is 12.0 Å². The van der Waals surface area contributed by atoms with Crippen LogP contribution in [0.15, 0.2) is 18.2 Å². The van der Waals surface area contributed by atoms with E-state index in [1.165, 1.54) is 16.7 Å². The van der Waals surface area contributed by atoms with Gasteiger partial charge in [0.15, 0.2) is 0 Å². The molecule has 0 atom stereocenters. The third-order valence-corrected chi connectivity index (χ3v) is 3.46. The first-order valence-corrected chi connectivity index (χ1v) is 6.74. The van der Waals surface area contributed by atoms with E-state index in [4.69, 9.17) is 5.11 Å². The van der Waals surface area contributed by atoms with Gasteiger partial charge in [0.2, 0.25) is 0 Å². The Kier molecular flexibility index (Phi) is 5.36. The van der Waals surface area contributed by atoms with Crippen LogP contribution in [0.1, 0.15) is 37.5 Å². The van der Waals surface area contributed by atoms with Crippen molar-refractivity contribution < 1.29 is 5.11 Å². The highest BCUT2D eigenvalue weighted by Crippen LogP contribution is 2.24. The van der Waals surface area contributed by atoms with E-state index in [1.807, 2.05) is 0 Å². The molecule has 2 heteroatoms. The van der Waals surface area contributed by atoms with Gasteiger partial charge in [-0.05, 0) is 42.5 Å². The van der Waals surface area contributed by atoms with Crippen molar-refractivity contribution in [2.75, 3.05) is 26.7 Å². The summed E-state index contributed by atoms with van der Waals surface area (Å²) in [5, 5.41) is 8.90. The molecule has 1 aromatic carbocycles. The molecule has 0 aliphatic heterocycles. The van der Waals surface area contributed by atoms with Gasteiger partial charge in [-0.2, -0.15) is 0 Å². The SMILES string of the molecule is Cc1ccc(C(C)(C)C)cc1CCN(C)CCO. The Morgan fingerprint density at radius 1 is 1.17 bits per heavy atom. The lowest BCUT2D eigenvalue weighted by Crippen LogP contribution is -2.24. The van der Waals surface area contributed by atoms with Crippen molar-refractivity contribution in [1.82, 2.24) is 4.90 Å². The number of aliphatic hydroxyl groups is 1. The van der Waals surface area contributed by atoms with Crippen LogP contribution in [0.3, 0.4) is 0 Å². The van der Waals surface area contributed by atoms with Crippen molar-refractivity contribution in [3.05, 3.63) is 34.9 Å². The van der Waals surface area contributed by atoms with Crippen LogP contribution in [0, 0.1) is 6.92 Å². The molecule has 0 unspecified atom stereocenters. The first kappa shape index (κ1) is 15.2. The van der Waals surface area contributed by atoms with E-state index >= 15 is 0 Å². The maximum atomic E-state index is 8.90. The van der Waals surface area contributed by atoms with Gasteiger partial charge in [0, 0.05) is 13.1 Å². The number of aliphatic hydroxyl groups excluding tert-OH is 1. The molecule has 0 amide bonds. The summed E-state index contributed by atoms with van der Waals surface area (Å²) < 4.78 is 0. The van der Waals surface area contributed by atoms with Gasteiger partial charge in [0.05, 0.1) is 6.61 Å². The average Bonchev–Trinajstić information content (AvgIpc) is 2.26. The second-order valence-electron chi connectivity index (χ2n) is 6.17. The number of hydrogen-bond acceptors (Lipinski definition) is 2. The van der Waals surface area contributed by atoms with Crippen LogP contribution in [0.5, 0.6) is 0 Å². The zero-order valence-electron chi connectivity index (χ0n) is 12.5. The summed E-state index contributed by atoms with van der Waals surface area (Å²) in [6.07, 6.45) is 1.05. The van der Waals surface area contributed by atoms with E-state index in [1.54, 1.807) is 0 Å². The number of benzene rings is 1. The van der Waals surface area contributed by atoms with Crippen LogP contribution >= 0.6 is 0 Å². The lowest BCUT2D eigenvalue weighted by molar-refractivity contribution is 0.223. The van der Waals surface area contributed by atoms with Crippen molar-refractivity contribution in [3.8, 4) is 0 Å². The monoisotopic (exact) mass is 249 g/mol. The van der Waals surface area contributed by atoms with Gasteiger partial charge in [-0.1, -0.05) is 39.0 Å². The summed E-state index contributed by atoms with van der Waals surface area (Å²) in [4.78, 5) is 2.17. The Bertz CT molecular complexity index is 379. The normalized spacial score (nSPS) is 12.2. The average molecular weight is 249 g/mol. The molecule has 18 heavy (non-hydrogen) atoms. The van der Waals surface area contributed by atoms with Crippen molar-refractivity contribution in [2.24, 2.45) is 0 Å². The number of nitrogens with zero attached hydrogens (tertiary/aromatic N) is 1. The molecule has 0 heterocycles. The molecule has 0 radical (unpaired) electrons. The van der Waals surface area contributed by atoms with E-state index in [9.17, 15) is 0 Å². The predicted molar refractivity (Wildman–Crippen MR) is 78.2 cm³/mol. The van der Waals surface area contributed by atoms with Crippen molar-refractivity contribution >= 4 is 0 Å². The van der Waals surface area contributed by atoms with Gasteiger partial charge in [-0.3, -0.25) is 0 Å². The maximum Gasteiger partial charge on any atom is 0.0558 e. The molecule has 0 bridgehead atoms. The lowest BCUT2D eigenvalue weighted by atomic mass is 9.85. The highest BCUT2D eigenvalue weighted by Gasteiger charge is 2.14. The standard InChI is InChI=1S/C16H27NO/c1-13-6-7-15(16(2,3)4)12-14(13)8-9-17(5)10-11-18/h6-7,12,18H,8-11H2,1-5H3. The summed E-state index contributed by atoms with van der Waals surface area (Å²) in [5.74, 6) is 0. The molecule has 0 saturated carbocycles. The van der Waals surface area contributed by atoms with Crippen LogP contribution < -0.4 is 0 Å². The van der Waals surface area contributed by atoms with Gasteiger partial charge >= 0.3 is 0 Å². The zero-order valence-corrected chi connectivity index (χ0v) is 12.5. The van der Waals surface area contributed by atoms with Crippen LogP contribution in [0.25, 0.3) is 0 Å². The topological polar surface area (TPSA) is 23.5 Å². The number of rotatable bonds is 5. The molecule has 102 valence electrons. The number of aryl methyl sites for hydroxylation is 1. The highest BCUT2D eigenvalue weighted by molar-refractivity contribution is 5.34. The van der Waals surface area contributed by atoms with Gasteiger partial charge in [-0.25, -0.2) is 0 Å². The summed E-state index contributed by atoms with van der Waals surface area (Å²) >= 11 is 0. The van der Waals surface area contributed by atoms with Crippen LogP contribution in [-0.2, 0) is 11.8 Å². The maximum absolute atomic E-state index is 8.90. The van der Waals surface area contributed by atoms with E-state index in [0.717, 1.165) is 19.5 Å². The molecule has 1 aromatic rings. The predicted octanol–water partition coefficient (Wildman–Crippen LogP) is 2.76. The minimum Gasteiger partial charge on any atom is -0.395 e. The van der Waals surface area contributed by atoms with Gasteiger partial charge in [-0.15, -0.1) is 0 Å². The first-order valence-electron chi connectivity index (χ1n) is 6.74. The fourth-order valence-electron chi connectivity index (χ4n) is 2.00. The largest absolute Gasteiger partial charge is 0.395 e. The molecule has 0 saturated heterocycles. The van der Waals surface area contributed by atoms with Gasteiger partial charge < -0.3 is 10.0 Å². The first-order chi connectivity index (χ1) is 8.34. The van der Waals surface area contributed by atoms with Gasteiger partial charge in [0.1, 0.15) is 0 Å². The lowest BCUT2D eigenvalue weighted by Gasteiger charge is -2.22. The minimum absolute atomic E-state index is 0.208. The molecule has 0 aliphatic carbocycles. The third kappa shape index (κ3) is 4.43. The second kappa shape index (κ2) is 6.35. The van der Waals surface area contributed by atoms with Crippen LogP contribution in [-0.4, -0.2) is 36.8 Å². The van der Waals surface area contributed by atoms with Crippen molar-refractivity contribution in [1.29, 1.82) is 0 Å². The Hall–Kier alpha value is -0.860. The number of likely N-dealkylation sites (N-methyl/N-ethyl adjacent to an activating group) is 1. The quantitative estimate of drug-likeness (QED) is 0.867. The Morgan fingerprint density at radius 2 is 1.83 bits per heavy atom. The van der Waals surface area contributed by atoms with Crippen molar-refractivity contribution in [2.45, 2.75) is 39.5 Å². The summed E-state index contributed by atoms with van der Waals surface area (Å²) in [5.41, 5.74) is 4.39. The molecule has 0 aliphatic rings. The molecule has 0 aromatic heterocycles. The van der Waals surface area contributed by atoms with Crippen molar-refractivity contribution in [3.63, 3.8) is 0 Å². The number of hydrogen-bond donors (Lipinski definition) is 1. The third-order valence-electron chi connectivity index (χ3n) is 3.46. The molecule has 0 fully saturated rings. The smallest absolute Gasteiger partial charge is 0.0558 e.